The molecule has 0 rings (SSSR count). The molecular formula is C10H4CuF12O5. The van der Waals surface area contributed by atoms with Crippen LogP contribution in [0, 0.1) is 12.8 Å². The van der Waals surface area contributed by atoms with Crippen LogP contribution in [-0.4, -0.2) is 53.3 Å². The molecule has 28 heavy (non-hydrogen) atoms. The third kappa shape index (κ3) is 14.2. The van der Waals surface area contributed by atoms with E-state index in [0.29, 0.717) is 0 Å². The molecule has 5 nitrogen and oxygen atoms in total. The van der Waals surface area contributed by atoms with Crippen molar-refractivity contribution in [3.8, 4) is 0 Å². The molecule has 0 heterocycles. The van der Waals surface area contributed by atoms with Crippen molar-refractivity contribution >= 4 is 23.1 Å². The fourth-order valence-corrected chi connectivity index (χ4v) is 0.565. The number of hydrogen-bond donors (Lipinski definition) is 0. The normalized spacial score (nSPS) is 11.6. The second kappa shape index (κ2) is 11.2. The Hall–Kier alpha value is -1.94. The first-order chi connectivity index (χ1) is 11.1. The van der Waals surface area contributed by atoms with Crippen LogP contribution < -0.4 is 0 Å². The Morgan fingerprint density at radius 2 is 0.536 bits per heavy atom. The van der Waals surface area contributed by atoms with Gasteiger partial charge in [-0.15, -0.1) is 0 Å². The Morgan fingerprint density at radius 1 is 0.429 bits per heavy atom. The number of carbonyl (C=O) groups is 4. The number of alkyl halides is 12. The third-order valence-corrected chi connectivity index (χ3v) is 1.64. The molecule has 0 amide bonds. The number of carbonyl (C=O) groups excluding carboxylic acids is 4. The van der Waals surface area contributed by atoms with Gasteiger partial charge >= 0.3 is 41.8 Å². The summed E-state index contributed by atoms with van der Waals surface area (Å²) >= 11 is 0. The van der Waals surface area contributed by atoms with Gasteiger partial charge in [0, 0.05) is 0 Å². The summed E-state index contributed by atoms with van der Waals surface area (Å²) in [5.41, 5.74) is 0. The van der Waals surface area contributed by atoms with Crippen molar-refractivity contribution < 1.29 is 94.4 Å². The predicted octanol–water partition coefficient (Wildman–Crippen LogP) is 2.08. The first kappa shape index (κ1) is 33.6. The number of rotatable bonds is 4. The van der Waals surface area contributed by atoms with Gasteiger partial charge < -0.3 is 24.7 Å². The summed E-state index contributed by atoms with van der Waals surface area (Å²) in [5.74, 6) is -11.3. The van der Waals surface area contributed by atoms with Gasteiger partial charge in [0.25, 0.3) is 0 Å². The molecule has 1 radical (unpaired) electrons. The van der Waals surface area contributed by atoms with E-state index in [0.717, 1.165) is 0 Å². The van der Waals surface area contributed by atoms with Gasteiger partial charge in [0.1, 0.15) is 23.1 Å². The Kier molecular flexibility index (Phi) is 13.4. The van der Waals surface area contributed by atoms with Crippen molar-refractivity contribution in [2.45, 2.75) is 24.7 Å². The molecule has 0 aromatic heterocycles. The van der Waals surface area contributed by atoms with Crippen molar-refractivity contribution in [3.63, 3.8) is 0 Å². The summed E-state index contributed by atoms with van der Waals surface area (Å²) in [6, 6.07) is 0. The van der Waals surface area contributed by atoms with Crippen LogP contribution >= 0.6 is 0 Å². The summed E-state index contributed by atoms with van der Waals surface area (Å²) in [4.78, 5) is 39.3. The second-order valence-electron chi connectivity index (χ2n) is 3.74. The smallest absolute Gasteiger partial charge is 0.412 e. The average Bonchev–Trinajstić information content (AvgIpc) is 2.34. The van der Waals surface area contributed by atoms with E-state index < -0.39 is 60.7 Å². The van der Waals surface area contributed by atoms with E-state index in [-0.39, 0.29) is 22.5 Å². The zero-order valence-corrected chi connectivity index (χ0v) is 13.1. The van der Waals surface area contributed by atoms with E-state index in [1.54, 1.807) is 0 Å². The number of halogens is 12. The molecular weight excluding hydrogens is 492 g/mol. The summed E-state index contributed by atoms with van der Waals surface area (Å²) in [5, 5.41) is 0. The Bertz CT molecular complexity index is 459. The van der Waals surface area contributed by atoms with Crippen LogP contribution in [-0.2, 0) is 36.2 Å². The van der Waals surface area contributed by atoms with Gasteiger partial charge in [-0.25, -0.2) is 12.8 Å². The van der Waals surface area contributed by atoms with Gasteiger partial charge in [-0.05, 0) is 0 Å². The van der Waals surface area contributed by atoms with E-state index in [4.69, 9.17) is 0 Å². The molecule has 0 aliphatic carbocycles. The Labute approximate surface area is 156 Å². The largest absolute Gasteiger partial charge is 2.00 e. The second-order valence-corrected chi connectivity index (χ2v) is 3.74. The molecule has 18 heteroatoms. The fraction of sp³-hybridized carbons (Fsp3) is 0.400. The molecule has 0 saturated heterocycles. The SMILES string of the molecule is O.O=C([CH-]C(=O)C(F)(F)F)C(F)(F)F.O=C([CH-]C(=O)C(F)(F)F)C(F)(F)F.[Cu+2]. The van der Waals surface area contributed by atoms with E-state index in [2.05, 4.69) is 0 Å². The van der Waals surface area contributed by atoms with Crippen LogP contribution in [0.2, 0.25) is 0 Å². The topological polar surface area (TPSA) is 99.8 Å². The molecule has 0 unspecified atom stereocenters. The van der Waals surface area contributed by atoms with Gasteiger partial charge in [0.15, 0.2) is 0 Å². The van der Waals surface area contributed by atoms with Crippen molar-refractivity contribution in [2.24, 2.45) is 0 Å². The zero-order chi connectivity index (χ0) is 21.7. The zero-order valence-electron chi connectivity index (χ0n) is 12.1. The van der Waals surface area contributed by atoms with Crippen molar-refractivity contribution in [3.05, 3.63) is 12.8 Å². The van der Waals surface area contributed by atoms with Crippen LogP contribution in [0.25, 0.3) is 0 Å². The molecule has 0 bridgehead atoms. The molecule has 0 aliphatic heterocycles. The molecule has 0 aliphatic rings. The molecule has 2 N–H and O–H groups in total. The Morgan fingerprint density at radius 3 is 0.607 bits per heavy atom. The van der Waals surface area contributed by atoms with E-state index in [1.165, 1.54) is 0 Å². The first-order valence-electron chi connectivity index (χ1n) is 5.24. The van der Waals surface area contributed by atoms with Gasteiger partial charge in [-0.2, -0.15) is 52.7 Å². The molecule has 0 saturated carbocycles. The predicted molar refractivity (Wildman–Crippen MR) is 56.5 cm³/mol. The van der Waals surface area contributed by atoms with Crippen molar-refractivity contribution in [2.75, 3.05) is 0 Å². The summed E-state index contributed by atoms with van der Waals surface area (Å²) in [6.45, 7) is 0. The van der Waals surface area contributed by atoms with E-state index >= 15 is 0 Å². The van der Waals surface area contributed by atoms with Crippen LogP contribution in [0.3, 0.4) is 0 Å². The molecule has 0 spiro atoms. The molecule has 0 fully saturated rings. The fourth-order valence-electron chi connectivity index (χ4n) is 0.565. The Balaban J connectivity index is -0.000000192. The van der Waals surface area contributed by atoms with Gasteiger partial charge in [0.05, 0.1) is 0 Å². The molecule has 169 valence electrons. The summed E-state index contributed by atoms with van der Waals surface area (Å²) < 4.78 is 136. The maximum atomic E-state index is 11.3. The van der Waals surface area contributed by atoms with Crippen LogP contribution in [0.1, 0.15) is 0 Å². The quantitative estimate of drug-likeness (QED) is 0.258. The third-order valence-electron chi connectivity index (χ3n) is 1.64. The maximum Gasteiger partial charge on any atom is 2.00 e. The summed E-state index contributed by atoms with van der Waals surface area (Å²) in [7, 11) is 0. The molecule has 0 aromatic rings. The molecule has 0 atom stereocenters. The minimum atomic E-state index is -5.46. The van der Waals surface area contributed by atoms with E-state index in [9.17, 15) is 71.9 Å². The van der Waals surface area contributed by atoms with Crippen molar-refractivity contribution in [1.82, 2.24) is 0 Å². The molecule has 0 aromatic carbocycles. The van der Waals surface area contributed by atoms with Gasteiger partial charge in [0.2, 0.25) is 0 Å². The number of Topliss-reactive ketones (excluding diaryl/α,β-unsaturated/α-hetero) is 4. The standard InChI is InChI=1S/2C5HF6O2.Cu.H2O/c2*6-4(7,8)2(12)1-3(13)5(9,10)11;;/h2*1H;;1H2/q2*-1;+2;. The average molecular weight is 496 g/mol. The monoisotopic (exact) mass is 495 g/mol. The minimum absolute atomic E-state index is 0. The van der Waals surface area contributed by atoms with Gasteiger partial charge in [-0.3, -0.25) is 0 Å². The summed E-state index contributed by atoms with van der Waals surface area (Å²) in [6.07, 6.45) is -23.9. The number of hydrogen-bond acceptors (Lipinski definition) is 4. The van der Waals surface area contributed by atoms with Crippen LogP contribution in [0.5, 0.6) is 0 Å². The van der Waals surface area contributed by atoms with Crippen LogP contribution in [0.4, 0.5) is 52.7 Å². The maximum absolute atomic E-state index is 11.3. The number of ketones is 4. The first-order valence-corrected chi connectivity index (χ1v) is 5.24. The van der Waals surface area contributed by atoms with Gasteiger partial charge in [-0.1, -0.05) is 0 Å². The minimum Gasteiger partial charge on any atom is -0.412 e. The van der Waals surface area contributed by atoms with Crippen molar-refractivity contribution in [1.29, 1.82) is 0 Å². The van der Waals surface area contributed by atoms with Crippen LogP contribution in [0.15, 0.2) is 0 Å². The van der Waals surface area contributed by atoms with E-state index in [1.807, 2.05) is 0 Å².